The average molecular weight is 777 g/mol. The molecule has 0 saturated heterocycles. The van der Waals surface area contributed by atoms with Crippen LogP contribution in [0.5, 0.6) is 46.0 Å². The van der Waals surface area contributed by atoms with Crippen LogP contribution in [0, 0.1) is 0 Å². The van der Waals surface area contributed by atoms with Crippen molar-refractivity contribution < 1.29 is 61.3 Å². The molecule has 304 valence electrons. The van der Waals surface area contributed by atoms with Crippen LogP contribution in [-0.4, -0.2) is 87.7 Å². The number of phenols is 8. The number of aliphatic hydroxyl groups is 4. The number of hydrogen-bond acceptors (Lipinski definition) is 12. The predicted octanol–water partition coefficient (Wildman–Crippen LogP) is 6.82. The Morgan fingerprint density at radius 3 is 0.554 bits per heavy atom. The highest BCUT2D eigenvalue weighted by molar-refractivity contribution is 5.62. The third-order valence-corrected chi connectivity index (χ3v) is 11.3. The lowest BCUT2D eigenvalue weighted by atomic mass is 9.76. The summed E-state index contributed by atoms with van der Waals surface area (Å²) in [5.41, 5.74) is 2.62. The van der Waals surface area contributed by atoms with Gasteiger partial charge in [-0.25, -0.2) is 0 Å². The van der Waals surface area contributed by atoms with Crippen molar-refractivity contribution in [3.63, 3.8) is 0 Å². The van der Waals surface area contributed by atoms with Gasteiger partial charge in [-0.05, 0) is 75.6 Å². The molecule has 0 spiro atoms. The highest BCUT2D eigenvalue weighted by Gasteiger charge is 2.33. The molecule has 1 aliphatic rings. The van der Waals surface area contributed by atoms with Gasteiger partial charge in [0.25, 0.3) is 0 Å². The number of phenolic OH excluding ortho intramolecular Hbond substituents is 8. The van der Waals surface area contributed by atoms with E-state index in [9.17, 15) is 61.3 Å². The van der Waals surface area contributed by atoms with Gasteiger partial charge in [-0.1, -0.05) is 25.7 Å². The van der Waals surface area contributed by atoms with Gasteiger partial charge in [0, 0.05) is 119 Å². The molecule has 4 aromatic carbocycles. The Labute approximate surface area is 326 Å². The molecule has 12 nitrogen and oxygen atoms in total. The van der Waals surface area contributed by atoms with E-state index in [1.807, 2.05) is 0 Å². The van der Waals surface area contributed by atoms with Crippen molar-refractivity contribution in [1.82, 2.24) is 0 Å². The zero-order valence-electron chi connectivity index (χ0n) is 31.6. The maximum Gasteiger partial charge on any atom is 0.123 e. The second-order valence-electron chi connectivity index (χ2n) is 15.0. The van der Waals surface area contributed by atoms with Crippen LogP contribution in [0.1, 0.15) is 145 Å². The summed E-state index contributed by atoms with van der Waals surface area (Å²) in [6, 6.07) is 11.3. The molecule has 12 heteroatoms. The topological polar surface area (TPSA) is 243 Å². The molecule has 0 fully saturated rings. The molecule has 5 rings (SSSR count). The molecule has 0 atom stereocenters. The van der Waals surface area contributed by atoms with Crippen molar-refractivity contribution >= 4 is 0 Å². The number of aliphatic hydroxyl groups excluding tert-OH is 4. The second-order valence-corrected chi connectivity index (χ2v) is 15.0. The smallest absolute Gasteiger partial charge is 0.123 e. The molecule has 4 aromatic rings. The molecule has 0 aliphatic heterocycles. The van der Waals surface area contributed by atoms with Crippen molar-refractivity contribution in [2.75, 3.05) is 26.4 Å². The highest BCUT2D eigenvalue weighted by atomic mass is 16.3. The van der Waals surface area contributed by atoms with E-state index in [1.54, 1.807) is 24.3 Å². The fraction of sp³-hybridized carbons (Fsp3) is 0.455. The van der Waals surface area contributed by atoms with E-state index >= 15 is 0 Å². The molecule has 0 aromatic heterocycles. The molecular formula is C44H56O12. The first-order valence-electron chi connectivity index (χ1n) is 19.6. The Morgan fingerprint density at radius 1 is 0.250 bits per heavy atom. The molecule has 0 amide bonds. The van der Waals surface area contributed by atoms with Gasteiger partial charge in [-0.15, -0.1) is 0 Å². The van der Waals surface area contributed by atoms with E-state index in [0.29, 0.717) is 122 Å². The van der Waals surface area contributed by atoms with Gasteiger partial charge in [0.1, 0.15) is 46.0 Å². The van der Waals surface area contributed by atoms with Gasteiger partial charge in [0.2, 0.25) is 0 Å². The summed E-state index contributed by atoms with van der Waals surface area (Å²) in [5, 5.41) is 131. The van der Waals surface area contributed by atoms with Crippen LogP contribution in [-0.2, 0) is 0 Å². The van der Waals surface area contributed by atoms with E-state index in [-0.39, 0.29) is 72.4 Å². The summed E-state index contributed by atoms with van der Waals surface area (Å²) in [6.07, 6.45) is 4.79. The van der Waals surface area contributed by atoms with Crippen LogP contribution in [0.3, 0.4) is 0 Å². The number of hydrogen-bond donors (Lipinski definition) is 12. The van der Waals surface area contributed by atoms with E-state index in [0.717, 1.165) is 0 Å². The van der Waals surface area contributed by atoms with Crippen molar-refractivity contribution in [3.05, 3.63) is 93.0 Å². The zero-order valence-corrected chi connectivity index (χ0v) is 31.6. The Kier molecular flexibility index (Phi) is 14.6. The Bertz CT molecular complexity index is 1560. The number of unbranched alkanes of at least 4 members (excludes halogenated alkanes) is 4. The Morgan fingerprint density at radius 2 is 0.411 bits per heavy atom. The van der Waals surface area contributed by atoms with Crippen LogP contribution in [0.15, 0.2) is 48.5 Å². The minimum absolute atomic E-state index is 0.0991. The monoisotopic (exact) mass is 776 g/mol. The lowest BCUT2D eigenvalue weighted by molar-refractivity contribution is 0.281. The van der Waals surface area contributed by atoms with Crippen molar-refractivity contribution in [1.29, 1.82) is 0 Å². The lowest BCUT2D eigenvalue weighted by Crippen LogP contribution is -2.12. The van der Waals surface area contributed by atoms with E-state index < -0.39 is 23.7 Å². The van der Waals surface area contributed by atoms with E-state index in [2.05, 4.69) is 0 Å². The first kappa shape index (κ1) is 42.3. The summed E-state index contributed by atoms with van der Waals surface area (Å²) < 4.78 is 0. The molecule has 56 heavy (non-hydrogen) atoms. The standard InChI is InChI=1S/C44H56O12/c45-13-5-1-9-25-29-17-31(39(51)21-37(29)49)26(10-2-6-14-46)33-19-35(43(55)23-41(33)53)28(12-4-8-16-48)36-20-34(42(54)24-44(36)56)27(11-3-7-15-47)32-18-30(25)38(50)22-40(32)52/h17-28,45-56H,1-16H2. The fourth-order valence-corrected chi connectivity index (χ4v) is 8.43. The molecular weight excluding hydrogens is 720 g/mol. The highest BCUT2D eigenvalue weighted by Crippen LogP contribution is 2.52. The summed E-state index contributed by atoms with van der Waals surface area (Å²) in [5.74, 6) is -5.16. The largest absolute Gasteiger partial charge is 0.508 e. The molecule has 0 saturated carbocycles. The van der Waals surface area contributed by atoms with E-state index in [4.69, 9.17) is 0 Å². The first-order valence-corrected chi connectivity index (χ1v) is 19.6. The van der Waals surface area contributed by atoms with Gasteiger partial charge >= 0.3 is 0 Å². The van der Waals surface area contributed by atoms with Crippen LogP contribution in [0.2, 0.25) is 0 Å². The van der Waals surface area contributed by atoms with Gasteiger partial charge < -0.3 is 61.3 Å². The third kappa shape index (κ3) is 9.21. The molecule has 12 N–H and O–H groups in total. The number of aromatic hydroxyl groups is 8. The summed E-state index contributed by atoms with van der Waals surface area (Å²) >= 11 is 0. The summed E-state index contributed by atoms with van der Waals surface area (Å²) in [4.78, 5) is 0. The molecule has 1 aliphatic carbocycles. The number of rotatable bonds is 16. The first-order chi connectivity index (χ1) is 26.9. The summed E-state index contributed by atoms with van der Waals surface area (Å²) in [6.45, 7) is -0.396. The SMILES string of the molecule is OCCCCC1c2cc(c(O)cc2O)C(CCCCO)c2cc(c(O)cc2O)C(CCCCO)c2cc(c(O)cc2O)C(CCCCO)c2cc1c(O)cc2O. The molecule has 0 unspecified atom stereocenters. The summed E-state index contributed by atoms with van der Waals surface area (Å²) in [7, 11) is 0. The van der Waals surface area contributed by atoms with Crippen LogP contribution in [0.25, 0.3) is 0 Å². The van der Waals surface area contributed by atoms with Crippen LogP contribution >= 0.6 is 0 Å². The minimum Gasteiger partial charge on any atom is -0.508 e. The van der Waals surface area contributed by atoms with Gasteiger partial charge in [0.15, 0.2) is 0 Å². The van der Waals surface area contributed by atoms with Gasteiger partial charge in [-0.3, -0.25) is 0 Å². The predicted molar refractivity (Wildman–Crippen MR) is 210 cm³/mol. The maximum atomic E-state index is 11.5. The molecule has 0 heterocycles. The molecule has 8 bridgehead atoms. The third-order valence-electron chi connectivity index (χ3n) is 11.3. The zero-order chi connectivity index (χ0) is 40.5. The lowest BCUT2D eigenvalue weighted by Gasteiger charge is -2.29. The second kappa shape index (κ2) is 19.3. The normalized spacial score (nSPS) is 17.9. The maximum absolute atomic E-state index is 11.5. The average Bonchev–Trinajstić information content (AvgIpc) is 3.15. The minimum atomic E-state index is -0.742. The quantitative estimate of drug-likeness (QED) is 0.0525. The van der Waals surface area contributed by atoms with Crippen LogP contribution < -0.4 is 0 Å². The van der Waals surface area contributed by atoms with Crippen molar-refractivity contribution in [2.24, 2.45) is 0 Å². The van der Waals surface area contributed by atoms with Crippen molar-refractivity contribution in [3.8, 4) is 46.0 Å². The van der Waals surface area contributed by atoms with Crippen LogP contribution in [0.4, 0.5) is 0 Å². The number of fused-ring (bicyclic) bond motifs is 8. The Balaban J connectivity index is 1.93. The van der Waals surface area contributed by atoms with Gasteiger partial charge in [0.05, 0.1) is 0 Å². The van der Waals surface area contributed by atoms with Gasteiger partial charge in [-0.2, -0.15) is 0 Å². The fourth-order valence-electron chi connectivity index (χ4n) is 8.43. The van der Waals surface area contributed by atoms with E-state index in [1.165, 1.54) is 24.3 Å². The molecule has 0 radical (unpaired) electrons. The Hall–Kier alpha value is -4.88. The van der Waals surface area contributed by atoms with Crippen molar-refractivity contribution in [2.45, 2.75) is 101 Å². The number of benzene rings is 4.